The molecule has 0 aliphatic heterocycles. The maximum absolute atomic E-state index is 13.0. The van der Waals surface area contributed by atoms with Crippen molar-refractivity contribution in [2.75, 3.05) is 6.54 Å². The number of nitrogens with zero attached hydrogens (tertiary/aromatic N) is 1. The molecular weight excluding hydrogens is 263 g/mol. The molecule has 0 bridgehead atoms. The van der Waals surface area contributed by atoms with Crippen LogP contribution in [-0.2, 0) is 4.74 Å². The minimum absolute atomic E-state index is 0.0599. The molecule has 0 unspecified atom stereocenters. The van der Waals surface area contributed by atoms with Gasteiger partial charge in [-0.2, -0.15) is 0 Å². The van der Waals surface area contributed by atoms with Gasteiger partial charge in [0.05, 0.1) is 18.3 Å². The lowest BCUT2D eigenvalue weighted by Crippen LogP contribution is -2.32. The predicted octanol–water partition coefficient (Wildman–Crippen LogP) is 1.91. The van der Waals surface area contributed by atoms with E-state index in [1.54, 1.807) is 20.8 Å². The van der Waals surface area contributed by atoms with Crippen LogP contribution in [-0.4, -0.2) is 29.5 Å². The molecule has 0 saturated carbocycles. The SMILES string of the molecule is CC(C)(C)OC(=O)NCC#Cc1cc(C=O)c(F)cn1. The summed E-state index contributed by atoms with van der Waals surface area (Å²) in [4.78, 5) is 25.6. The number of carbonyl (C=O) groups excluding carboxylic acids is 2. The van der Waals surface area contributed by atoms with Crippen LogP contribution in [0.25, 0.3) is 0 Å². The summed E-state index contributed by atoms with van der Waals surface area (Å²) < 4.78 is 18.0. The fourth-order valence-electron chi connectivity index (χ4n) is 1.18. The van der Waals surface area contributed by atoms with Gasteiger partial charge < -0.3 is 10.1 Å². The number of carbonyl (C=O) groups is 2. The maximum Gasteiger partial charge on any atom is 0.408 e. The van der Waals surface area contributed by atoms with Crippen molar-refractivity contribution in [3.8, 4) is 11.8 Å². The van der Waals surface area contributed by atoms with Crippen molar-refractivity contribution in [2.24, 2.45) is 0 Å². The van der Waals surface area contributed by atoms with E-state index in [0.717, 1.165) is 6.20 Å². The van der Waals surface area contributed by atoms with Gasteiger partial charge in [-0.3, -0.25) is 4.79 Å². The number of nitrogens with one attached hydrogen (secondary N) is 1. The Morgan fingerprint density at radius 3 is 2.85 bits per heavy atom. The molecule has 1 rings (SSSR count). The van der Waals surface area contributed by atoms with Crippen LogP contribution in [0.3, 0.4) is 0 Å². The smallest absolute Gasteiger partial charge is 0.408 e. The second-order valence-electron chi connectivity index (χ2n) is 4.87. The van der Waals surface area contributed by atoms with Gasteiger partial charge in [0.25, 0.3) is 0 Å². The summed E-state index contributed by atoms with van der Waals surface area (Å²) in [5.74, 6) is 4.54. The molecule has 106 valence electrons. The molecule has 1 amide bonds. The maximum atomic E-state index is 13.0. The monoisotopic (exact) mass is 278 g/mol. The number of ether oxygens (including phenoxy) is 1. The fraction of sp³-hybridized carbons (Fsp3) is 0.357. The van der Waals surface area contributed by atoms with E-state index in [0.29, 0.717) is 6.29 Å². The largest absolute Gasteiger partial charge is 0.444 e. The number of aldehydes is 1. The summed E-state index contributed by atoms with van der Waals surface area (Å²) in [7, 11) is 0. The lowest BCUT2D eigenvalue weighted by Gasteiger charge is -2.18. The Balaban J connectivity index is 2.55. The molecule has 0 radical (unpaired) electrons. The van der Waals surface area contributed by atoms with Gasteiger partial charge in [-0.05, 0) is 32.8 Å². The van der Waals surface area contributed by atoms with Crippen LogP contribution in [0.4, 0.5) is 9.18 Å². The molecule has 1 aromatic rings. The third-order valence-corrected chi connectivity index (χ3v) is 1.95. The molecular formula is C14H15FN2O3. The first-order valence-electron chi connectivity index (χ1n) is 5.88. The van der Waals surface area contributed by atoms with Crippen LogP contribution in [0.1, 0.15) is 36.8 Å². The molecule has 0 aliphatic rings. The van der Waals surface area contributed by atoms with Crippen molar-refractivity contribution in [2.45, 2.75) is 26.4 Å². The van der Waals surface area contributed by atoms with Crippen molar-refractivity contribution < 1.29 is 18.7 Å². The average Bonchev–Trinajstić information content (AvgIpc) is 2.34. The lowest BCUT2D eigenvalue weighted by molar-refractivity contribution is 0.0535. The van der Waals surface area contributed by atoms with Gasteiger partial charge >= 0.3 is 6.09 Å². The summed E-state index contributed by atoms with van der Waals surface area (Å²) in [6, 6.07) is 1.24. The molecule has 0 fully saturated rings. The molecule has 0 aromatic carbocycles. The first-order chi connectivity index (χ1) is 9.31. The van der Waals surface area contributed by atoms with Gasteiger partial charge in [0.1, 0.15) is 11.3 Å². The quantitative estimate of drug-likeness (QED) is 0.663. The Morgan fingerprint density at radius 2 is 2.25 bits per heavy atom. The number of hydrogen-bond acceptors (Lipinski definition) is 4. The van der Waals surface area contributed by atoms with Crippen LogP contribution >= 0.6 is 0 Å². The topological polar surface area (TPSA) is 68.3 Å². The van der Waals surface area contributed by atoms with E-state index < -0.39 is 17.5 Å². The number of pyridine rings is 1. The highest BCUT2D eigenvalue weighted by atomic mass is 19.1. The minimum atomic E-state index is -0.697. The summed E-state index contributed by atoms with van der Waals surface area (Å²) in [5, 5.41) is 2.44. The predicted molar refractivity (Wildman–Crippen MR) is 70.7 cm³/mol. The molecule has 1 aromatic heterocycles. The Morgan fingerprint density at radius 1 is 1.55 bits per heavy atom. The van der Waals surface area contributed by atoms with Crippen LogP contribution in [0.5, 0.6) is 0 Å². The second kappa shape index (κ2) is 6.66. The van der Waals surface area contributed by atoms with Crippen molar-refractivity contribution in [1.29, 1.82) is 0 Å². The molecule has 6 heteroatoms. The van der Waals surface area contributed by atoms with Crippen LogP contribution < -0.4 is 5.32 Å². The molecule has 0 saturated heterocycles. The Bertz CT molecular complexity index is 568. The van der Waals surface area contributed by atoms with Crippen molar-refractivity contribution in [3.05, 3.63) is 29.3 Å². The normalized spacial score (nSPS) is 10.2. The second-order valence-corrected chi connectivity index (χ2v) is 4.87. The average molecular weight is 278 g/mol. The van der Waals surface area contributed by atoms with Crippen LogP contribution in [0.2, 0.25) is 0 Å². The summed E-state index contributed by atoms with van der Waals surface area (Å²) in [6.07, 6.45) is 0.739. The zero-order valence-electron chi connectivity index (χ0n) is 11.5. The molecule has 5 nitrogen and oxygen atoms in total. The first kappa shape index (κ1) is 15.6. The van der Waals surface area contributed by atoms with Gasteiger partial charge in [0.15, 0.2) is 12.1 Å². The van der Waals surface area contributed by atoms with Gasteiger partial charge in [-0.15, -0.1) is 0 Å². The summed E-state index contributed by atoms with van der Waals surface area (Å²) in [6.45, 7) is 5.31. The Hall–Kier alpha value is -2.42. The van der Waals surface area contributed by atoms with Crippen molar-refractivity contribution in [1.82, 2.24) is 10.3 Å². The highest BCUT2D eigenvalue weighted by Gasteiger charge is 2.14. The first-order valence-corrected chi connectivity index (χ1v) is 5.88. The van der Waals surface area contributed by atoms with Crippen LogP contribution in [0, 0.1) is 17.7 Å². The molecule has 1 heterocycles. The molecule has 0 spiro atoms. The van der Waals surface area contributed by atoms with Crippen LogP contribution in [0.15, 0.2) is 12.3 Å². The Kier molecular flexibility index (Phi) is 5.21. The number of hydrogen-bond donors (Lipinski definition) is 1. The summed E-state index contributed by atoms with van der Waals surface area (Å²) in [5.41, 5.74) is -0.432. The zero-order valence-corrected chi connectivity index (χ0v) is 11.5. The van der Waals surface area contributed by atoms with Gasteiger partial charge in [-0.25, -0.2) is 14.2 Å². The molecule has 1 N–H and O–H groups in total. The Labute approximate surface area is 116 Å². The van der Waals surface area contributed by atoms with Gasteiger partial charge in [-0.1, -0.05) is 5.92 Å². The fourth-order valence-corrected chi connectivity index (χ4v) is 1.18. The van der Waals surface area contributed by atoms with Crippen molar-refractivity contribution in [3.63, 3.8) is 0 Å². The standard InChI is InChI=1S/C14H15FN2O3/c1-14(2,3)20-13(19)16-6-4-5-11-7-10(9-18)12(15)8-17-11/h7-9H,6H2,1-3H3,(H,16,19). The van der Waals surface area contributed by atoms with E-state index in [4.69, 9.17) is 4.74 Å². The zero-order chi connectivity index (χ0) is 15.2. The van der Waals surface area contributed by atoms with E-state index in [9.17, 15) is 14.0 Å². The molecule has 0 aliphatic carbocycles. The van der Waals surface area contributed by atoms with E-state index >= 15 is 0 Å². The third kappa shape index (κ3) is 5.48. The van der Waals surface area contributed by atoms with Gasteiger partial charge in [0, 0.05) is 0 Å². The van der Waals surface area contributed by atoms with Crippen molar-refractivity contribution >= 4 is 12.4 Å². The highest BCUT2D eigenvalue weighted by molar-refractivity contribution is 5.75. The number of halogens is 1. The number of alkyl carbamates (subject to hydrolysis) is 1. The molecule has 0 atom stereocenters. The van der Waals surface area contributed by atoms with Gasteiger partial charge in [0.2, 0.25) is 0 Å². The van der Waals surface area contributed by atoms with E-state index in [1.807, 2.05) is 0 Å². The number of amides is 1. The summed E-state index contributed by atoms with van der Waals surface area (Å²) >= 11 is 0. The highest BCUT2D eigenvalue weighted by Crippen LogP contribution is 2.06. The lowest BCUT2D eigenvalue weighted by atomic mass is 10.2. The number of rotatable bonds is 2. The third-order valence-electron chi connectivity index (χ3n) is 1.95. The van der Waals surface area contributed by atoms with E-state index in [1.165, 1.54) is 6.07 Å². The van der Waals surface area contributed by atoms with E-state index in [2.05, 4.69) is 22.1 Å². The number of aromatic nitrogens is 1. The molecule has 20 heavy (non-hydrogen) atoms. The minimum Gasteiger partial charge on any atom is -0.444 e. The van der Waals surface area contributed by atoms with E-state index in [-0.39, 0.29) is 17.8 Å².